The van der Waals surface area contributed by atoms with E-state index in [1.165, 1.54) is 0 Å². The van der Waals surface area contributed by atoms with Gasteiger partial charge >= 0.3 is 0 Å². The minimum absolute atomic E-state index is 0.248. The molecule has 0 saturated heterocycles. The SMILES string of the molecule is CNc1ncc(-c2ccc(C3(c4noc(-c5ccnc(C)c5)n4)CCC3)cn2)cn1. The molecule has 0 aromatic carbocycles. The molecule has 1 aliphatic carbocycles. The molecule has 0 spiro atoms. The van der Waals surface area contributed by atoms with E-state index in [2.05, 4.69) is 36.5 Å². The van der Waals surface area contributed by atoms with Gasteiger partial charge in [0, 0.05) is 48.7 Å². The smallest absolute Gasteiger partial charge is 0.258 e. The highest BCUT2D eigenvalue weighted by atomic mass is 16.5. The first-order valence-corrected chi connectivity index (χ1v) is 9.92. The van der Waals surface area contributed by atoms with Crippen LogP contribution in [0, 0.1) is 6.92 Å². The summed E-state index contributed by atoms with van der Waals surface area (Å²) in [4.78, 5) is 22.1. The third-order valence-electron chi connectivity index (χ3n) is 5.69. The maximum Gasteiger partial charge on any atom is 0.258 e. The second kappa shape index (κ2) is 7.29. The van der Waals surface area contributed by atoms with Crippen molar-refractivity contribution in [2.45, 2.75) is 31.6 Å². The number of aromatic nitrogens is 6. The maximum atomic E-state index is 5.59. The summed E-state index contributed by atoms with van der Waals surface area (Å²) in [7, 11) is 1.79. The summed E-state index contributed by atoms with van der Waals surface area (Å²) in [6, 6.07) is 7.93. The lowest BCUT2D eigenvalue weighted by atomic mass is 9.64. The summed E-state index contributed by atoms with van der Waals surface area (Å²) in [6.07, 6.45) is 10.3. The molecule has 0 bridgehead atoms. The predicted molar refractivity (Wildman–Crippen MR) is 112 cm³/mol. The number of hydrogen-bond donors (Lipinski definition) is 1. The van der Waals surface area contributed by atoms with Gasteiger partial charge in [0.2, 0.25) is 5.95 Å². The average molecular weight is 399 g/mol. The van der Waals surface area contributed by atoms with Crippen molar-refractivity contribution in [3.05, 3.63) is 66.1 Å². The molecule has 150 valence electrons. The van der Waals surface area contributed by atoms with Crippen LogP contribution in [0.2, 0.25) is 0 Å². The lowest BCUT2D eigenvalue weighted by Crippen LogP contribution is -2.36. The molecule has 4 heterocycles. The molecule has 8 nitrogen and oxygen atoms in total. The van der Waals surface area contributed by atoms with Crippen LogP contribution < -0.4 is 5.32 Å². The van der Waals surface area contributed by atoms with E-state index >= 15 is 0 Å². The zero-order chi connectivity index (χ0) is 20.6. The second-order valence-electron chi connectivity index (χ2n) is 7.52. The average Bonchev–Trinajstić information content (AvgIpc) is 3.24. The summed E-state index contributed by atoms with van der Waals surface area (Å²) in [6.45, 7) is 1.94. The summed E-state index contributed by atoms with van der Waals surface area (Å²) in [5, 5.41) is 7.25. The van der Waals surface area contributed by atoms with E-state index in [1.54, 1.807) is 25.6 Å². The monoisotopic (exact) mass is 399 g/mol. The number of aryl methyl sites for hydroxylation is 1. The molecule has 4 aromatic heterocycles. The Bertz CT molecular complexity index is 1160. The normalized spacial score (nSPS) is 14.9. The molecule has 1 saturated carbocycles. The number of anilines is 1. The Labute approximate surface area is 173 Å². The molecule has 8 heteroatoms. The molecule has 0 unspecified atom stereocenters. The van der Waals surface area contributed by atoms with Crippen LogP contribution in [0.25, 0.3) is 22.7 Å². The van der Waals surface area contributed by atoms with E-state index in [0.29, 0.717) is 11.8 Å². The van der Waals surface area contributed by atoms with Crippen LogP contribution in [-0.2, 0) is 5.41 Å². The molecule has 4 aromatic rings. The molecule has 0 amide bonds. The van der Waals surface area contributed by atoms with Gasteiger partial charge in [0.1, 0.15) is 0 Å². The zero-order valence-corrected chi connectivity index (χ0v) is 16.8. The summed E-state index contributed by atoms with van der Waals surface area (Å²) in [5.74, 6) is 1.82. The largest absolute Gasteiger partial charge is 0.357 e. The van der Waals surface area contributed by atoms with Crippen molar-refractivity contribution in [2.24, 2.45) is 0 Å². The number of nitrogens with zero attached hydrogens (tertiary/aromatic N) is 6. The molecule has 0 atom stereocenters. The van der Waals surface area contributed by atoms with Crippen molar-refractivity contribution >= 4 is 5.95 Å². The molecule has 30 heavy (non-hydrogen) atoms. The van der Waals surface area contributed by atoms with Gasteiger partial charge < -0.3 is 9.84 Å². The quantitative estimate of drug-likeness (QED) is 0.540. The van der Waals surface area contributed by atoms with Gasteiger partial charge in [-0.15, -0.1) is 0 Å². The highest BCUT2D eigenvalue weighted by Gasteiger charge is 2.44. The predicted octanol–water partition coefficient (Wildman–Crippen LogP) is 3.80. The first-order valence-electron chi connectivity index (χ1n) is 9.92. The van der Waals surface area contributed by atoms with E-state index in [-0.39, 0.29) is 5.41 Å². The number of nitrogens with one attached hydrogen (secondary N) is 1. The minimum atomic E-state index is -0.248. The lowest BCUT2D eigenvalue weighted by molar-refractivity contribution is 0.272. The maximum absolute atomic E-state index is 5.59. The van der Waals surface area contributed by atoms with Crippen molar-refractivity contribution in [3.8, 4) is 22.7 Å². The van der Waals surface area contributed by atoms with Gasteiger partial charge in [-0.05, 0) is 43.5 Å². The fourth-order valence-corrected chi connectivity index (χ4v) is 3.82. The molecule has 1 N–H and O–H groups in total. The van der Waals surface area contributed by atoms with E-state index in [1.807, 2.05) is 31.3 Å². The van der Waals surface area contributed by atoms with Gasteiger partial charge in [0.15, 0.2) is 5.82 Å². The third kappa shape index (κ3) is 3.10. The van der Waals surface area contributed by atoms with E-state index in [0.717, 1.165) is 53.2 Å². The molecule has 0 radical (unpaired) electrons. The molecular formula is C22H21N7O. The standard InChI is InChI=1S/C22H21N7O/c1-14-10-15(6-9-24-14)19-28-20(29-30-19)22(7-3-8-22)17-4-5-18(25-13-17)16-11-26-21(23-2)27-12-16/h4-6,9-13H,3,7-8H2,1-2H3,(H,23,26,27). The van der Waals surface area contributed by atoms with Gasteiger partial charge in [0.05, 0.1) is 11.1 Å². The molecular weight excluding hydrogens is 378 g/mol. The van der Waals surface area contributed by atoms with Crippen LogP contribution in [0.4, 0.5) is 5.95 Å². The van der Waals surface area contributed by atoms with Crippen LogP contribution in [0.15, 0.2) is 53.6 Å². The van der Waals surface area contributed by atoms with Crippen molar-refractivity contribution in [1.29, 1.82) is 0 Å². The fourth-order valence-electron chi connectivity index (χ4n) is 3.82. The number of hydrogen-bond acceptors (Lipinski definition) is 8. The minimum Gasteiger partial charge on any atom is -0.357 e. The van der Waals surface area contributed by atoms with E-state index in [4.69, 9.17) is 9.51 Å². The summed E-state index contributed by atoms with van der Waals surface area (Å²) < 4.78 is 5.59. The fraction of sp³-hybridized carbons (Fsp3) is 0.273. The molecule has 1 aliphatic rings. The first kappa shape index (κ1) is 18.4. The van der Waals surface area contributed by atoms with Crippen molar-refractivity contribution in [1.82, 2.24) is 30.1 Å². The van der Waals surface area contributed by atoms with Gasteiger partial charge in [-0.3, -0.25) is 9.97 Å². The van der Waals surface area contributed by atoms with Gasteiger partial charge in [-0.2, -0.15) is 4.98 Å². The third-order valence-corrected chi connectivity index (χ3v) is 5.69. The van der Waals surface area contributed by atoms with Crippen molar-refractivity contribution in [3.63, 3.8) is 0 Å². The van der Waals surface area contributed by atoms with Crippen molar-refractivity contribution in [2.75, 3.05) is 12.4 Å². The Morgan fingerprint density at radius 3 is 2.43 bits per heavy atom. The molecule has 1 fully saturated rings. The number of pyridine rings is 2. The van der Waals surface area contributed by atoms with E-state index < -0.39 is 0 Å². The van der Waals surface area contributed by atoms with Gasteiger partial charge in [-0.25, -0.2) is 9.97 Å². The van der Waals surface area contributed by atoms with E-state index in [9.17, 15) is 0 Å². The van der Waals surface area contributed by atoms with Crippen LogP contribution >= 0.6 is 0 Å². The Hall–Kier alpha value is -3.68. The van der Waals surface area contributed by atoms with Crippen LogP contribution in [-0.4, -0.2) is 37.1 Å². The highest BCUT2D eigenvalue weighted by Crippen LogP contribution is 2.48. The Balaban J connectivity index is 1.45. The van der Waals surface area contributed by atoms with Crippen molar-refractivity contribution < 1.29 is 4.52 Å². The molecule has 0 aliphatic heterocycles. The Kier molecular flexibility index (Phi) is 4.46. The van der Waals surface area contributed by atoms with Crippen LogP contribution in [0.5, 0.6) is 0 Å². The van der Waals surface area contributed by atoms with Gasteiger partial charge in [0.25, 0.3) is 5.89 Å². The summed E-state index contributed by atoms with van der Waals surface area (Å²) >= 11 is 0. The topological polar surface area (TPSA) is 103 Å². The number of rotatable bonds is 5. The Morgan fingerprint density at radius 2 is 1.80 bits per heavy atom. The molecule has 5 rings (SSSR count). The summed E-state index contributed by atoms with van der Waals surface area (Å²) in [5.41, 5.74) is 4.35. The van der Waals surface area contributed by atoms with Crippen LogP contribution in [0.1, 0.15) is 36.3 Å². The first-order chi connectivity index (χ1) is 14.7. The highest BCUT2D eigenvalue weighted by molar-refractivity contribution is 5.58. The van der Waals surface area contributed by atoms with Gasteiger partial charge in [-0.1, -0.05) is 17.6 Å². The zero-order valence-electron chi connectivity index (χ0n) is 16.8. The lowest BCUT2D eigenvalue weighted by Gasteiger charge is -2.39. The Morgan fingerprint density at radius 1 is 0.967 bits per heavy atom. The second-order valence-corrected chi connectivity index (χ2v) is 7.52. The van der Waals surface area contributed by atoms with Crippen LogP contribution in [0.3, 0.4) is 0 Å².